The lowest BCUT2D eigenvalue weighted by Gasteiger charge is -2.44. The Morgan fingerprint density at radius 3 is 2.84 bits per heavy atom. The van der Waals surface area contributed by atoms with Gasteiger partial charge in [-0.2, -0.15) is 0 Å². The maximum Gasteiger partial charge on any atom is 0.316 e. The van der Waals surface area contributed by atoms with Crippen molar-refractivity contribution < 1.29 is 29.6 Å². The Labute approximate surface area is 145 Å². The van der Waals surface area contributed by atoms with Crippen molar-refractivity contribution in [1.29, 1.82) is 0 Å². The third-order valence-corrected chi connectivity index (χ3v) is 8.12. The number of esters is 1. The minimum Gasteiger partial charge on any atom is -0.481 e. The molecule has 1 spiro atoms. The highest BCUT2D eigenvalue weighted by atomic mass is 16.6. The van der Waals surface area contributed by atoms with Crippen LogP contribution in [0.3, 0.4) is 0 Å². The van der Waals surface area contributed by atoms with Crippen molar-refractivity contribution in [2.75, 3.05) is 0 Å². The van der Waals surface area contributed by atoms with Crippen LogP contribution in [0.15, 0.2) is 24.3 Å². The van der Waals surface area contributed by atoms with E-state index in [-0.39, 0.29) is 5.92 Å². The highest BCUT2D eigenvalue weighted by Crippen LogP contribution is 2.77. The molecule has 8 atom stereocenters. The number of aliphatic carboxylic acids is 1. The second-order valence-electron chi connectivity index (χ2n) is 8.94. The lowest BCUT2D eigenvalue weighted by atomic mass is 9.61. The van der Waals surface area contributed by atoms with Gasteiger partial charge in [-0.3, -0.25) is 9.59 Å². The van der Waals surface area contributed by atoms with Crippen LogP contribution in [-0.2, 0) is 14.3 Å². The number of carbonyl (C=O) groups is 2. The van der Waals surface area contributed by atoms with Crippen molar-refractivity contribution in [2.45, 2.75) is 49.9 Å². The molecule has 0 aromatic carbocycles. The molecule has 4 fully saturated rings. The zero-order chi connectivity index (χ0) is 18.0. The fourth-order valence-corrected chi connectivity index (χ4v) is 7.13. The number of hydrogen-bond acceptors (Lipinski definition) is 5. The van der Waals surface area contributed by atoms with Gasteiger partial charge >= 0.3 is 11.9 Å². The molecule has 0 aromatic rings. The van der Waals surface area contributed by atoms with Crippen molar-refractivity contribution in [1.82, 2.24) is 0 Å². The minimum absolute atomic E-state index is 0.180. The van der Waals surface area contributed by atoms with Gasteiger partial charge in [0.15, 0.2) is 0 Å². The standard InChI is InChI=1S/C19H22O6/c1-9-7-17-8-18(9,24)5-3-10(17)19-6-4-11(20)16(2,15(23)25-19)13(19)12(17)14(21)22/h4,6,10-13,20,24H,1,3,5,7-8H2,2H3,(H,21,22)/t10-,11+,12-,13-,16-,17+,18-,19-/m0/s1. The minimum atomic E-state index is -1.27. The number of fused-ring (bicyclic) bond motifs is 1. The molecule has 25 heavy (non-hydrogen) atoms. The van der Waals surface area contributed by atoms with Gasteiger partial charge in [0.1, 0.15) is 11.0 Å². The zero-order valence-electron chi connectivity index (χ0n) is 14.1. The lowest BCUT2D eigenvalue weighted by Crippen LogP contribution is -2.50. The summed E-state index contributed by atoms with van der Waals surface area (Å²) in [6.45, 7) is 5.64. The monoisotopic (exact) mass is 346 g/mol. The molecule has 6 heteroatoms. The first-order valence-electron chi connectivity index (χ1n) is 8.86. The number of carbonyl (C=O) groups excluding carboxylic acids is 1. The SMILES string of the molecule is C=C1C[C@@]23C[C@@]1(O)CC[C@@H]2[C@]12C=C[C@@H](O)[C@](C)(C(=O)O1)[C@@H]2[C@H]3C(=O)O. The van der Waals surface area contributed by atoms with E-state index < -0.39 is 51.9 Å². The second kappa shape index (κ2) is 4.01. The first kappa shape index (κ1) is 15.6. The molecule has 3 N–H and O–H groups in total. The molecule has 0 unspecified atom stereocenters. The molecule has 4 bridgehead atoms. The molecule has 5 rings (SSSR count). The van der Waals surface area contributed by atoms with Gasteiger partial charge in [-0.25, -0.2) is 0 Å². The maximum atomic E-state index is 12.7. The molecule has 0 aromatic heterocycles. The summed E-state index contributed by atoms with van der Waals surface area (Å²) in [6.07, 6.45) is 4.11. The first-order valence-corrected chi connectivity index (χ1v) is 8.86. The third kappa shape index (κ3) is 1.36. The van der Waals surface area contributed by atoms with Crippen LogP contribution >= 0.6 is 0 Å². The molecular formula is C19H22O6. The van der Waals surface area contributed by atoms with Gasteiger partial charge in [0.05, 0.1) is 17.6 Å². The largest absolute Gasteiger partial charge is 0.481 e. The van der Waals surface area contributed by atoms with E-state index in [2.05, 4.69) is 6.58 Å². The van der Waals surface area contributed by atoms with Gasteiger partial charge in [-0.05, 0) is 49.7 Å². The van der Waals surface area contributed by atoms with E-state index in [1.807, 2.05) is 0 Å². The van der Waals surface area contributed by atoms with Crippen molar-refractivity contribution in [3.63, 3.8) is 0 Å². The Kier molecular flexibility index (Phi) is 2.50. The van der Waals surface area contributed by atoms with E-state index >= 15 is 0 Å². The van der Waals surface area contributed by atoms with E-state index in [1.165, 1.54) is 0 Å². The summed E-state index contributed by atoms with van der Waals surface area (Å²) >= 11 is 0. The van der Waals surface area contributed by atoms with Crippen LogP contribution in [0, 0.1) is 28.6 Å². The summed E-state index contributed by atoms with van der Waals surface area (Å²) in [6, 6.07) is 0. The average molecular weight is 346 g/mol. The molecule has 1 aliphatic heterocycles. The van der Waals surface area contributed by atoms with Gasteiger partial charge in [-0.1, -0.05) is 12.7 Å². The van der Waals surface area contributed by atoms with E-state index in [0.717, 1.165) is 0 Å². The summed E-state index contributed by atoms with van der Waals surface area (Å²) in [5, 5.41) is 31.6. The molecule has 3 saturated carbocycles. The number of carboxylic acid groups (broad SMARTS) is 1. The van der Waals surface area contributed by atoms with Gasteiger partial charge in [0.2, 0.25) is 0 Å². The highest BCUT2D eigenvalue weighted by molar-refractivity contribution is 5.86. The van der Waals surface area contributed by atoms with E-state index in [0.29, 0.717) is 31.3 Å². The Morgan fingerprint density at radius 1 is 1.44 bits per heavy atom. The first-order chi connectivity index (χ1) is 11.6. The van der Waals surface area contributed by atoms with Crippen LogP contribution in [0.1, 0.15) is 32.6 Å². The van der Waals surface area contributed by atoms with Gasteiger partial charge in [0.25, 0.3) is 0 Å². The fourth-order valence-electron chi connectivity index (χ4n) is 7.13. The van der Waals surface area contributed by atoms with Crippen LogP contribution in [0.4, 0.5) is 0 Å². The normalized spacial score (nSPS) is 58.0. The predicted octanol–water partition coefficient (Wildman–Crippen LogP) is 1.03. The number of ether oxygens (including phenoxy) is 1. The molecule has 1 heterocycles. The smallest absolute Gasteiger partial charge is 0.316 e. The van der Waals surface area contributed by atoms with Crippen LogP contribution in [0.5, 0.6) is 0 Å². The fraction of sp³-hybridized carbons (Fsp3) is 0.684. The molecule has 134 valence electrons. The Balaban J connectivity index is 1.78. The summed E-state index contributed by atoms with van der Waals surface area (Å²) in [5.74, 6) is -3.18. The molecule has 0 radical (unpaired) electrons. The quantitative estimate of drug-likeness (QED) is 0.484. The van der Waals surface area contributed by atoms with E-state index in [9.17, 15) is 24.9 Å². The number of rotatable bonds is 1. The Morgan fingerprint density at radius 2 is 2.16 bits per heavy atom. The van der Waals surface area contributed by atoms with Gasteiger partial charge < -0.3 is 20.1 Å². The van der Waals surface area contributed by atoms with Crippen molar-refractivity contribution in [2.24, 2.45) is 28.6 Å². The van der Waals surface area contributed by atoms with Gasteiger partial charge in [0, 0.05) is 11.8 Å². The van der Waals surface area contributed by atoms with Crippen molar-refractivity contribution in [3.8, 4) is 0 Å². The van der Waals surface area contributed by atoms with E-state index in [1.54, 1.807) is 19.1 Å². The number of aliphatic hydroxyl groups is 2. The highest BCUT2D eigenvalue weighted by Gasteiger charge is 2.83. The predicted molar refractivity (Wildman–Crippen MR) is 85.2 cm³/mol. The summed E-state index contributed by atoms with van der Waals surface area (Å²) in [4.78, 5) is 25.1. The molecule has 6 nitrogen and oxygen atoms in total. The third-order valence-electron chi connectivity index (χ3n) is 8.12. The molecule has 0 amide bonds. The topological polar surface area (TPSA) is 104 Å². The molecule has 1 saturated heterocycles. The molecular weight excluding hydrogens is 324 g/mol. The van der Waals surface area contributed by atoms with Gasteiger partial charge in [-0.15, -0.1) is 0 Å². The van der Waals surface area contributed by atoms with E-state index in [4.69, 9.17) is 4.74 Å². The number of aliphatic hydroxyl groups excluding tert-OH is 1. The maximum absolute atomic E-state index is 12.7. The Hall–Kier alpha value is -1.66. The van der Waals surface area contributed by atoms with Crippen molar-refractivity contribution in [3.05, 3.63) is 24.3 Å². The average Bonchev–Trinajstić information content (AvgIpc) is 2.95. The van der Waals surface area contributed by atoms with Crippen LogP contribution in [0.25, 0.3) is 0 Å². The van der Waals surface area contributed by atoms with Crippen LogP contribution in [0.2, 0.25) is 0 Å². The number of hydrogen-bond donors (Lipinski definition) is 3. The zero-order valence-corrected chi connectivity index (χ0v) is 14.1. The van der Waals surface area contributed by atoms with Crippen LogP contribution < -0.4 is 0 Å². The molecule has 4 aliphatic carbocycles. The summed E-state index contributed by atoms with van der Waals surface area (Å²) in [7, 11) is 0. The lowest BCUT2D eigenvalue weighted by molar-refractivity contribution is -0.163. The summed E-state index contributed by atoms with van der Waals surface area (Å²) < 4.78 is 5.87. The van der Waals surface area contributed by atoms with Crippen molar-refractivity contribution >= 4 is 11.9 Å². The second-order valence-corrected chi connectivity index (χ2v) is 8.94. The Bertz CT molecular complexity index is 772. The van der Waals surface area contributed by atoms with Crippen LogP contribution in [-0.4, -0.2) is 44.6 Å². The molecule has 5 aliphatic rings. The number of carboxylic acids is 1. The summed E-state index contributed by atoms with van der Waals surface area (Å²) in [5.41, 5.74) is -3.29.